The van der Waals surface area contributed by atoms with Crippen molar-refractivity contribution in [2.24, 2.45) is 7.05 Å². The van der Waals surface area contributed by atoms with E-state index in [1.165, 1.54) is 22.5 Å². The van der Waals surface area contributed by atoms with Crippen LogP contribution in [-0.4, -0.2) is 31.3 Å². The van der Waals surface area contributed by atoms with Crippen molar-refractivity contribution in [3.05, 3.63) is 23.7 Å². The van der Waals surface area contributed by atoms with Crippen LogP contribution in [0.25, 0.3) is 0 Å². The minimum Gasteiger partial charge on any atom is -0.475 e. The lowest BCUT2D eigenvalue weighted by Gasteiger charge is -1.95. The van der Waals surface area contributed by atoms with E-state index in [0.29, 0.717) is 16.7 Å². The van der Waals surface area contributed by atoms with Gasteiger partial charge in [0.1, 0.15) is 5.76 Å². The fraction of sp³-hybridized carbons (Fsp3) is 0.250. The normalized spacial score (nSPS) is 10.6. The van der Waals surface area contributed by atoms with Gasteiger partial charge >= 0.3 is 5.97 Å². The number of aromatic nitrogens is 4. The smallest absolute Gasteiger partial charge is 0.371 e. The number of aromatic carboxylic acids is 1. The van der Waals surface area contributed by atoms with E-state index in [0.717, 1.165) is 0 Å². The SMILES string of the molecule is Cn1nnnc1SCc1ccc(C(=O)O)o1. The number of thioether (sulfide) groups is 1. The van der Waals surface area contributed by atoms with Crippen molar-refractivity contribution >= 4 is 17.7 Å². The Kier molecular flexibility index (Phi) is 2.91. The maximum atomic E-state index is 10.6. The third kappa shape index (κ3) is 2.22. The average Bonchev–Trinajstić information content (AvgIpc) is 2.83. The number of furan rings is 1. The van der Waals surface area contributed by atoms with Gasteiger partial charge in [-0.25, -0.2) is 9.48 Å². The zero-order valence-electron chi connectivity index (χ0n) is 8.32. The van der Waals surface area contributed by atoms with Gasteiger partial charge < -0.3 is 9.52 Å². The molecule has 1 N–H and O–H groups in total. The second-order valence-electron chi connectivity index (χ2n) is 2.94. The molecule has 0 radical (unpaired) electrons. The van der Waals surface area contributed by atoms with E-state index in [4.69, 9.17) is 9.52 Å². The first-order valence-electron chi connectivity index (χ1n) is 4.34. The quantitative estimate of drug-likeness (QED) is 0.789. The molecule has 0 saturated carbocycles. The summed E-state index contributed by atoms with van der Waals surface area (Å²) in [6.45, 7) is 0. The van der Waals surface area contributed by atoms with Crippen molar-refractivity contribution in [2.75, 3.05) is 0 Å². The Balaban J connectivity index is 2.00. The van der Waals surface area contributed by atoms with Crippen LogP contribution in [0, 0.1) is 0 Å². The Morgan fingerprint density at radius 2 is 2.44 bits per heavy atom. The van der Waals surface area contributed by atoms with Crippen LogP contribution in [0.1, 0.15) is 16.3 Å². The average molecular weight is 240 g/mol. The number of carboxylic acid groups (broad SMARTS) is 1. The van der Waals surface area contributed by atoms with Crippen LogP contribution in [0.3, 0.4) is 0 Å². The summed E-state index contributed by atoms with van der Waals surface area (Å²) in [5.41, 5.74) is 0. The van der Waals surface area contributed by atoms with Gasteiger partial charge in [-0.2, -0.15) is 0 Å². The van der Waals surface area contributed by atoms with Crippen LogP contribution in [-0.2, 0) is 12.8 Å². The summed E-state index contributed by atoms with van der Waals surface area (Å²) < 4.78 is 6.62. The lowest BCUT2D eigenvalue weighted by molar-refractivity contribution is 0.0661. The van der Waals surface area contributed by atoms with Gasteiger partial charge in [0.15, 0.2) is 0 Å². The summed E-state index contributed by atoms with van der Waals surface area (Å²) in [7, 11) is 1.73. The maximum absolute atomic E-state index is 10.6. The van der Waals surface area contributed by atoms with Gasteiger partial charge in [0, 0.05) is 7.05 Å². The number of carbonyl (C=O) groups is 1. The highest BCUT2D eigenvalue weighted by Crippen LogP contribution is 2.20. The van der Waals surface area contributed by atoms with E-state index in [-0.39, 0.29) is 5.76 Å². The van der Waals surface area contributed by atoms with E-state index in [2.05, 4.69) is 15.5 Å². The highest BCUT2D eigenvalue weighted by atomic mass is 32.2. The molecule has 84 valence electrons. The second kappa shape index (κ2) is 4.35. The number of carboxylic acids is 1. The van der Waals surface area contributed by atoms with Crippen molar-refractivity contribution < 1.29 is 14.3 Å². The summed E-state index contributed by atoms with van der Waals surface area (Å²) >= 11 is 1.37. The number of aryl methyl sites for hydroxylation is 1. The molecular formula is C8H8N4O3S. The van der Waals surface area contributed by atoms with E-state index in [9.17, 15) is 4.79 Å². The highest BCUT2D eigenvalue weighted by Gasteiger charge is 2.10. The lowest BCUT2D eigenvalue weighted by Crippen LogP contribution is -1.93. The highest BCUT2D eigenvalue weighted by molar-refractivity contribution is 7.98. The van der Waals surface area contributed by atoms with Crippen LogP contribution in [0.2, 0.25) is 0 Å². The molecule has 2 aromatic rings. The number of tetrazole rings is 1. The summed E-state index contributed by atoms with van der Waals surface area (Å²) in [5.74, 6) is -0.0738. The van der Waals surface area contributed by atoms with Crippen molar-refractivity contribution in [1.82, 2.24) is 20.2 Å². The molecule has 0 atom stereocenters. The number of hydrogen-bond donors (Lipinski definition) is 1. The Morgan fingerprint density at radius 3 is 3.00 bits per heavy atom. The molecular weight excluding hydrogens is 232 g/mol. The molecule has 8 heteroatoms. The van der Waals surface area contributed by atoms with Gasteiger partial charge in [0.25, 0.3) is 0 Å². The Labute approximate surface area is 94.4 Å². The fourth-order valence-electron chi connectivity index (χ4n) is 1.05. The molecule has 2 rings (SSSR count). The summed E-state index contributed by atoms with van der Waals surface area (Å²) in [5, 5.41) is 20.2. The molecule has 0 aliphatic carbocycles. The van der Waals surface area contributed by atoms with Gasteiger partial charge in [-0.05, 0) is 22.6 Å². The maximum Gasteiger partial charge on any atom is 0.371 e. The van der Waals surface area contributed by atoms with Crippen molar-refractivity contribution in [3.63, 3.8) is 0 Å². The minimum atomic E-state index is -1.07. The monoisotopic (exact) mass is 240 g/mol. The molecule has 2 heterocycles. The van der Waals surface area contributed by atoms with E-state index >= 15 is 0 Å². The zero-order valence-corrected chi connectivity index (χ0v) is 9.14. The Morgan fingerprint density at radius 1 is 1.62 bits per heavy atom. The molecule has 0 saturated heterocycles. The van der Waals surface area contributed by atoms with E-state index in [1.54, 1.807) is 13.1 Å². The Bertz CT molecular complexity index is 507. The van der Waals surface area contributed by atoms with Crippen molar-refractivity contribution in [3.8, 4) is 0 Å². The molecule has 0 bridgehead atoms. The molecule has 2 aromatic heterocycles. The molecule has 0 aromatic carbocycles. The van der Waals surface area contributed by atoms with Crippen LogP contribution in [0.4, 0.5) is 0 Å². The van der Waals surface area contributed by atoms with Crippen molar-refractivity contribution in [2.45, 2.75) is 10.9 Å². The van der Waals surface area contributed by atoms with Gasteiger partial charge in [0.2, 0.25) is 10.9 Å². The third-order valence-corrected chi connectivity index (χ3v) is 2.83. The van der Waals surface area contributed by atoms with Gasteiger partial charge in [0.05, 0.1) is 5.75 Å². The topological polar surface area (TPSA) is 94.0 Å². The first kappa shape index (κ1) is 10.7. The van der Waals surface area contributed by atoms with Crippen LogP contribution in [0.5, 0.6) is 0 Å². The van der Waals surface area contributed by atoms with Gasteiger partial charge in [-0.3, -0.25) is 0 Å². The molecule has 16 heavy (non-hydrogen) atoms. The lowest BCUT2D eigenvalue weighted by atomic mass is 10.4. The van der Waals surface area contributed by atoms with Crippen LogP contribution in [0.15, 0.2) is 21.7 Å². The molecule has 0 aliphatic rings. The molecule has 0 unspecified atom stereocenters. The largest absolute Gasteiger partial charge is 0.475 e. The predicted molar refractivity (Wildman–Crippen MR) is 54.0 cm³/mol. The van der Waals surface area contributed by atoms with E-state index < -0.39 is 5.97 Å². The third-order valence-electron chi connectivity index (χ3n) is 1.80. The summed E-state index contributed by atoms with van der Waals surface area (Å²) in [4.78, 5) is 10.6. The number of rotatable bonds is 4. The fourth-order valence-corrected chi connectivity index (χ4v) is 1.79. The second-order valence-corrected chi connectivity index (χ2v) is 3.89. The summed E-state index contributed by atoms with van der Waals surface area (Å²) in [6.07, 6.45) is 0. The molecule has 0 spiro atoms. The summed E-state index contributed by atoms with van der Waals surface area (Å²) in [6, 6.07) is 3.05. The number of nitrogens with zero attached hydrogens (tertiary/aromatic N) is 4. The molecule has 0 amide bonds. The standard InChI is InChI=1S/C8H8N4O3S/c1-12-8(9-10-11-12)16-4-5-2-3-6(15-5)7(13)14/h2-3H,4H2,1H3,(H,13,14). The molecule has 0 fully saturated rings. The first-order valence-corrected chi connectivity index (χ1v) is 5.32. The molecule has 7 nitrogen and oxygen atoms in total. The minimum absolute atomic E-state index is 0.0632. The zero-order chi connectivity index (χ0) is 11.5. The van der Waals surface area contributed by atoms with Crippen molar-refractivity contribution in [1.29, 1.82) is 0 Å². The first-order chi connectivity index (χ1) is 7.66. The Hall–Kier alpha value is -1.83. The predicted octanol–water partition coefficient (Wildman–Crippen LogP) is 0.794. The van der Waals surface area contributed by atoms with Gasteiger partial charge in [-0.1, -0.05) is 11.8 Å². The van der Waals surface area contributed by atoms with Gasteiger partial charge in [-0.15, -0.1) is 5.10 Å². The molecule has 0 aliphatic heterocycles. The number of hydrogen-bond acceptors (Lipinski definition) is 6. The van der Waals surface area contributed by atoms with E-state index in [1.807, 2.05) is 0 Å². The van der Waals surface area contributed by atoms with Crippen LogP contribution < -0.4 is 0 Å². The van der Waals surface area contributed by atoms with Crippen LogP contribution >= 0.6 is 11.8 Å².